The van der Waals surface area contributed by atoms with Crippen molar-refractivity contribution in [3.05, 3.63) is 11.2 Å². The van der Waals surface area contributed by atoms with Crippen molar-refractivity contribution in [2.24, 2.45) is 10.8 Å². The molecule has 104 valence electrons. The molecule has 0 spiro atoms. The van der Waals surface area contributed by atoms with Gasteiger partial charge >= 0.3 is 6.01 Å². The van der Waals surface area contributed by atoms with Gasteiger partial charge in [0.15, 0.2) is 5.82 Å². The summed E-state index contributed by atoms with van der Waals surface area (Å²) in [7, 11) is 1.56. The number of hydrogen-bond acceptors (Lipinski definition) is 5. The highest BCUT2D eigenvalue weighted by Gasteiger charge is 2.56. The Morgan fingerprint density at radius 3 is 2.53 bits per heavy atom. The summed E-state index contributed by atoms with van der Waals surface area (Å²) in [6, 6.07) is 0.350. The normalized spacial score (nSPS) is 33.6. The second-order valence-electron chi connectivity index (χ2n) is 6.00. The van der Waals surface area contributed by atoms with Crippen molar-refractivity contribution in [1.29, 1.82) is 0 Å². The minimum absolute atomic E-state index is 0.147. The number of ether oxygens (including phenoxy) is 2. The van der Waals surface area contributed by atoms with E-state index in [1.807, 2.05) is 0 Å². The fourth-order valence-corrected chi connectivity index (χ4v) is 3.24. The molecule has 2 aliphatic rings. The molecule has 0 unspecified atom stereocenters. The molecule has 2 atom stereocenters. The maximum Gasteiger partial charge on any atom is 0.318 e. The maximum absolute atomic E-state index is 6.23. The molecular formula is C13H18ClN3O2. The molecular weight excluding hydrogens is 266 g/mol. The summed E-state index contributed by atoms with van der Waals surface area (Å²) in [4.78, 5) is 10.6. The van der Waals surface area contributed by atoms with Crippen LogP contribution in [-0.2, 0) is 4.74 Å². The molecule has 0 N–H and O–H groups in total. The number of fused-ring (bicyclic) bond motifs is 1. The molecule has 2 aliphatic heterocycles. The van der Waals surface area contributed by atoms with Crippen molar-refractivity contribution < 1.29 is 9.47 Å². The summed E-state index contributed by atoms with van der Waals surface area (Å²) < 4.78 is 10.7. The van der Waals surface area contributed by atoms with Crippen LogP contribution in [0.25, 0.3) is 0 Å². The minimum atomic E-state index is 0.147. The van der Waals surface area contributed by atoms with Crippen LogP contribution >= 0.6 is 11.6 Å². The molecule has 0 radical (unpaired) electrons. The van der Waals surface area contributed by atoms with Crippen LogP contribution in [0.5, 0.6) is 6.01 Å². The van der Waals surface area contributed by atoms with Gasteiger partial charge in [-0.15, -0.1) is 0 Å². The Labute approximate surface area is 117 Å². The number of nitrogens with zero attached hydrogens (tertiary/aromatic N) is 3. The lowest BCUT2D eigenvalue weighted by Crippen LogP contribution is -2.34. The van der Waals surface area contributed by atoms with Gasteiger partial charge in [0.2, 0.25) is 0 Å². The Kier molecular flexibility index (Phi) is 2.87. The number of anilines is 1. The molecule has 1 aromatic heterocycles. The lowest BCUT2D eigenvalue weighted by molar-refractivity contribution is 0.158. The first-order chi connectivity index (χ1) is 8.97. The van der Waals surface area contributed by atoms with Gasteiger partial charge in [0.25, 0.3) is 0 Å². The Bertz CT molecular complexity index is 495. The van der Waals surface area contributed by atoms with Gasteiger partial charge < -0.3 is 14.4 Å². The summed E-state index contributed by atoms with van der Waals surface area (Å²) >= 11 is 6.23. The van der Waals surface area contributed by atoms with E-state index in [-0.39, 0.29) is 10.8 Å². The van der Waals surface area contributed by atoms with Crippen molar-refractivity contribution in [3.8, 4) is 6.01 Å². The minimum Gasteiger partial charge on any atom is -0.467 e. The van der Waals surface area contributed by atoms with Crippen LogP contribution in [0.2, 0.25) is 5.02 Å². The van der Waals surface area contributed by atoms with E-state index < -0.39 is 0 Å². The van der Waals surface area contributed by atoms with Crippen LogP contribution in [0.4, 0.5) is 5.82 Å². The predicted molar refractivity (Wildman–Crippen MR) is 72.8 cm³/mol. The molecule has 6 heteroatoms. The summed E-state index contributed by atoms with van der Waals surface area (Å²) in [5.41, 5.74) is 0.295. The summed E-state index contributed by atoms with van der Waals surface area (Å²) in [5, 5.41) is 0.564. The Morgan fingerprint density at radius 1 is 1.32 bits per heavy atom. The summed E-state index contributed by atoms with van der Waals surface area (Å²) in [6.45, 7) is 7.91. The van der Waals surface area contributed by atoms with Crippen LogP contribution in [0.3, 0.4) is 0 Å². The second kappa shape index (κ2) is 4.21. The molecule has 1 aromatic rings. The molecule has 3 heterocycles. The largest absolute Gasteiger partial charge is 0.467 e. The molecule has 0 amide bonds. The van der Waals surface area contributed by atoms with Crippen molar-refractivity contribution in [1.82, 2.24) is 9.97 Å². The van der Waals surface area contributed by atoms with Gasteiger partial charge in [0, 0.05) is 23.9 Å². The van der Waals surface area contributed by atoms with Crippen LogP contribution in [0.15, 0.2) is 6.20 Å². The van der Waals surface area contributed by atoms with E-state index in [1.54, 1.807) is 13.3 Å². The van der Waals surface area contributed by atoms with Gasteiger partial charge in [-0.05, 0) is 0 Å². The fraction of sp³-hybridized carbons (Fsp3) is 0.692. The highest BCUT2D eigenvalue weighted by atomic mass is 35.5. The van der Waals surface area contributed by atoms with E-state index in [1.165, 1.54) is 0 Å². The zero-order chi connectivity index (χ0) is 13.7. The highest BCUT2D eigenvalue weighted by molar-refractivity contribution is 6.32. The third-order valence-corrected chi connectivity index (χ3v) is 4.83. The first-order valence-electron chi connectivity index (χ1n) is 6.37. The van der Waals surface area contributed by atoms with Crippen LogP contribution < -0.4 is 9.64 Å². The van der Waals surface area contributed by atoms with Gasteiger partial charge in [-0.3, -0.25) is 0 Å². The van der Waals surface area contributed by atoms with Crippen LogP contribution in [0, 0.1) is 10.8 Å². The Balaban J connectivity index is 1.93. The quantitative estimate of drug-likeness (QED) is 0.831. The van der Waals surface area contributed by atoms with Crippen LogP contribution in [0.1, 0.15) is 13.8 Å². The zero-order valence-corrected chi connectivity index (χ0v) is 12.2. The monoisotopic (exact) mass is 283 g/mol. The first-order valence-corrected chi connectivity index (χ1v) is 6.74. The molecule has 0 bridgehead atoms. The summed E-state index contributed by atoms with van der Waals surface area (Å²) in [6.07, 6.45) is 1.60. The number of aromatic nitrogens is 2. The molecule has 0 aliphatic carbocycles. The Morgan fingerprint density at radius 2 is 1.95 bits per heavy atom. The van der Waals surface area contributed by atoms with E-state index in [9.17, 15) is 0 Å². The highest BCUT2D eigenvalue weighted by Crippen LogP contribution is 2.51. The van der Waals surface area contributed by atoms with Gasteiger partial charge in [-0.25, -0.2) is 4.98 Å². The molecule has 0 saturated carbocycles. The van der Waals surface area contributed by atoms with Crippen LogP contribution in [-0.4, -0.2) is 43.4 Å². The van der Waals surface area contributed by atoms with Gasteiger partial charge in [-0.2, -0.15) is 4.98 Å². The summed E-state index contributed by atoms with van der Waals surface area (Å²) in [5.74, 6) is 0.755. The smallest absolute Gasteiger partial charge is 0.318 e. The number of hydrogen-bond donors (Lipinski definition) is 0. The van der Waals surface area contributed by atoms with E-state index in [4.69, 9.17) is 21.1 Å². The lowest BCUT2D eigenvalue weighted by Gasteiger charge is -2.29. The van der Waals surface area contributed by atoms with Crippen molar-refractivity contribution in [3.63, 3.8) is 0 Å². The SMILES string of the molecule is COc1ncc(Cl)c(N2C[C@]3(C)COC[C@]3(C)C2)n1. The van der Waals surface area contributed by atoms with E-state index in [0.717, 1.165) is 32.1 Å². The average Bonchev–Trinajstić information content (AvgIpc) is 2.78. The van der Waals surface area contributed by atoms with E-state index in [0.29, 0.717) is 11.0 Å². The van der Waals surface area contributed by atoms with Gasteiger partial charge in [-0.1, -0.05) is 25.4 Å². The average molecular weight is 284 g/mol. The molecule has 2 saturated heterocycles. The fourth-order valence-electron chi connectivity index (χ4n) is 3.03. The molecule has 5 nitrogen and oxygen atoms in total. The lowest BCUT2D eigenvalue weighted by atomic mass is 9.71. The van der Waals surface area contributed by atoms with Crippen molar-refractivity contribution >= 4 is 17.4 Å². The van der Waals surface area contributed by atoms with Crippen molar-refractivity contribution in [2.75, 3.05) is 38.3 Å². The van der Waals surface area contributed by atoms with E-state index in [2.05, 4.69) is 28.7 Å². The second-order valence-corrected chi connectivity index (χ2v) is 6.41. The third kappa shape index (κ3) is 1.87. The molecule has 0 aromatic carbocycles. The van der Waals surface area contributed by atoms with Crippen molar-refractivity contribution in [2.45, 2.75) is 13.8 Å². The maximum atomic E-state index is 6.23. The first kappa shape index (κ1) is 12.9. The van der Waals surface area contributed by atoms with Gasteiger partial charge in [0.1, 0.15) is 5.02 Å². The topological polar surface area (TPSA) is 47.5 Å². The Hall–Kier alpha value is -1.07. The molecule has 19 heavy (non-hydrogen) atoms. The van der Waals surface area contributed by atoms with E-state index >= 15 is 0 Å². The number of methoxy groups -OCH3 is 1. The molecule has 2 fully saturated rings. The zero-order valence-electron chi connectivity index (χ0n) is 11.4. The predicted octanol–water partition coefficient (Wildman–Crippen LogP) is 2.00. The molecule has 3 rings (SSSR count). The number of halogens is 1. The standard InChI is InChI=1S/C13H18ClN3O2/c1-12-5-17(6-13(12,2)8-19-7-12)10-9(14)4-15-11(16-10)18-3/h4H,5-8H2,1-3H3/t12-,13+. The van der Waals surface area contributed by atoms with Gasteiger partial charge in [0.05, 0.1) is 26.5 Å². The third-order valence-electron chi connectivity index (χ3n) is 4.56. The number of rotatable bonds is 2.